The van der Waals surface area contributed by atoms with Gasteiger partial charge in [-0.3, -0.25) is 15.2 Å². The van der Waals surface area contributed by atoms with Gasteiger partial charge < -0.3 is 10.5 Å². The van der Waals surface area contributed by atoms with Gasteiger partial charge in [0.25, 0.3) is 5.91 Å². The molecule has 0 saturated heterocycles. The molecule has 2 heterocycles. The number of pyridine rings is 2. The largest absolute Gasteiger partial charge is 0.443 e. The zero-order valence-electron chi connectivity index (χ0n) is 20.3. The average Bonchev–Trinajstić information content (AvgIpc) is 2.82. The number of nitrogens with one attached hydrogen (secondary N) is 2. The van der Waals surface area contributed by atoms with Gasteiger partial charge in [-0.25, -0.2) is 19.6 Å². The first kappa shape index (κ1) is 24.6. The number of carbonyl (C=O) groups excluding carboxylic acids is 2. The molecule has 2 aromatic heterocycles. The van der Waals surface area contributed by atoms with Crippen LogP contribution in [0.2, 0.25) is 0 Å². The molecule has 8 nitrogen and oxygen atoms in total. The second-order valence-electron chi connectivity index (χ2n) is 9.27. The number of hydrogen-bond acceptors (Lipinski definition) is 6. The number of nitrogens with two attached hydrogens (primary N) is 1. The molecule has 36 heavy (non-hydrogen) atoms. The van der Waals surface area contributed by atoms with Gasteiger partial charge in [0.05, 0.1) is 16.8 Å². The maximum absolute atomic E-state index is 13.6. The van der Waals surface area contributed by atoms with Crippen LogP contribution in [0.25, 0.3) is 33.3 Å². The molecule has 4 N–H and O–H groups in total. The third-order valence-electron chi connectivity index (χ3n) is 5.36. The molecular formula is C27H26FN5O3. The van der Waals surface area contributed by atoms with Crippen LogP contribution in [0, 0.1) is 12.7 Å². The first-order chi connectivity index (χ1) is 17.0. The molecule has 0 bridgehead atoms. The van der Waals surface area contributed by atoms with Crippen molar-refractivity contribution in [3.63, 3.8) is 0 Å². The number of rotatable bonds is 3. The molecule has 0 aliphatic heterocycles. The minimum atomic E-state index is -0.817. The van der Waals surface area contributed by atoms with E-state index in [0.29, 0.717) is 16.8 Å². The monoisotopic (exact) mass is 487 g/mol. The van der Waals surface area contributed by atoms with Gasteiger partial charge >= 0.3 is 6.09 Å². The minimum absolute atomic E-state index is 0.0509. The Morgan fingerprint density at radius 1 is 0.972 bits per heavy atom. The van der Waals surface area contributed by atoms with Crippen molar-refractivity contribution in [3.05, 3.63) is 77.7 Å². The van der Waals surface area contributed by atoms with E-state index < -0.39 is 17.6 Å². The van der Waals surface area contributed by atoms with E-state index in [4.69, 9.17) is 10.5 Å². The summed E-state index contributed by atoms with van der Waals surface area (Å²) in [7, 11) is 0. The summed E-state index contributed by atoms with van der Waals surface area (Å²) in [6, 6.07) is 15.1. The summed E-state index contributed by atoms with van der Waals surface area (Å²) in [5.74, 6) is -1.11. The van der Waals surface area contributed by atoms with E-state index in [9.17, 15) is 14.0 Å². The van der Waals surface area contributed by atoms with Crippen LogP contribution in [0.1, 0.15) is 36.7 Å². The van der Waals surface area contributed by atoms with Gasteiger partial charge in [-0.05, 0) is 87.4 Å². The highest BCUT2D eigenvalue weighted by Crippen LogP contribution is 2.35. The lowest BCUT2D eigenvalue weighted by molar-refractivity contribution is 0.0483. The van der Waals surface area contributed by atoms with Crippen LogP contribution >= 0.6 is 0 Å². The Kier molecular flexibility index (Phi) is 6.57. The number of amides is 2. The van der Waals surface area contributed by atoms with Crippen molar-refractivity contribution in [2.45, 2.75) is 33.3 Å². The number of hydrazine groups is 1. The van der Waals surface area contributed by atoms with Crippen LogP contribution in [-0.2, 0) is 4.74 Å². The number of fused-ring (bicyclic) bond motifs is 1. The number of nitrogen functional groups attached to an aromatic ring is 1. The van der Waals surface area contributed by atoms with Crippen molar-refractivity contribution >= 4 is 28.7 Å². The van der Waals surface area contributed by atoms with Gasteiger partial charge in [0.2, 0.25) is 0 Å². The Morgan fingerprint density at radius 3 is 2.36 bits per heavy atom. The summed E-state index contributed by atoms with van der Waals surface area (Å²) in [4.78, 5) is 33.8. The van der Waals surface area contributed by atoms with Gasteiger partial charge in [0, 0.05) is 22.7 Å². The second-order valence-corrected chi connectivity index (χ2v) is 9.27. The second kappa shape index (κ2) is 9.61. The van der Waals surface area contributed by atoms with Crippen LogP contribution in [0.15, 0.2) is 60.8 Å². The van der Waals surface area contributed by atoms with Gasteiger partial charge in [-0.2, -0.15) is 0 Å². The van der Waals surface area contributed by atoms with Crippen molar-refractivity contribution in [2.75, 3.05) is 5.73 Å². The predicted octanol–water partition coefficient (Wildman–Crippen LogP) is 5.16. The average molecular weight is 488 g/mol. The Bertz CT molecular complexity index is 1460. The fourth-order valence-electron chi connectivity index (χ4n) is 3.69. The lowest BCUT2D eigenvalue weighted by Gasteiger charge is -2.20. The number of carbonyl (C=O) groups is 2. The first-order valence-corrected chi connectivity index (χ1v) is 11.2. The Balaban J connectivity index is 1.78. The molecule has 0 radical (unpaired) electrons. The summed E-state index contributed by atoms with van der Waals surface area (Å²) < 4.78 is 18.7. The molecule has 0 saturated carbocycles. The topological polar surface area (TPSA) is 119 Å². The molecule has 0 fully saturated rings. The van der Waals surface area contributed by atoms with E-state index >= 15 is 0 Å². The molecule has 0 aliphatic rings. The standard InChI is InChI=1S/C27H26FN5O3/c1-15-11-12-30-22-10-7-17(13-19(15)22)20-14-21(25(34)32-33-26(35)36-27(2,3)4)24(29)31-23(20)16-5-8-18(28)9-6-16/h5-14H,1-4H3,(H2,29,31)(H,32,34)(H,33,35). The van der Waals surface area contributed by atoms with Gasteiger partial charge in [0.1, 0.15) is 17.2 Å². The predicted molar refractivity (Wildman–Crippen MR) is 136 cm³/mol. The zero-order chi connectivity index (χ0) is 26.0. The zero-order valence-corrected chi connectivity index (χ0v) is 20.3. The molecular weight excluding hydrogens is 461 g/mol. The smallest absolute Gasteiger partial charge is 0.426 e. The number of halogens is 1. The molecule has 184 valence electrons. The highest BCUT2D eigenvalue weighted by atomic mass is 19.1. The normalized spacial score (nSPS) is 11.2. The first-order valence-electron chi connectivity index (χ1n) is 11.2. The lowest BCUT2D eigenvalue weighted by Crippen LogP contribution is -2.44. The van der Waals surface area contributed by atoms with E-state index in [1.165, 1.54) is 12.1 Å². The van der Waals surface area contributed by atoms with Crippen LogP contribution in [0.3, 0.4) is 0 Å². The molecule has 2 amide bonds. The summed E-state index contributed by atoms with van der Waals surface area (Å²) >= 11 is 0. The molecule has 4 rings (SSSR count). The maximum atomic E-state index is 13.6. The molecule has 0 spiro atoms. The molecule has 9 heteroatoms. The Hall–Kier alpha value is -4.53. The quantitative estimate of drug-likeness (QED) is 0.343. The van der Waals surface area contributed by atoms with Crippen LogP contribution < -0.4 is 16.6 Å². The molecule has 2 aromatic carbocycles. The molecule has 4 aromatic rings. The van der Waals surface area contributed by atoms with Gasteiger partial charge in [-0.15, -0.1) is 0 Å². The summed E-state index contributed by atoms with van der Waals surface area (Å²) in [5.41, 5.74) is 14.3. The Labute approximate surface area is 207 Å². The van der Waals surface area contributed by atoms with Crippen LogP contribution in [-0.4, -0.2) is 27.6 Å². The van der Waals surface area contributed by atoms with Gasteiger partial charge in [-0.1, -0.05) is 6.07 Å². The van der Waals surface area contributed by atoms with Crippen molar-refractivity contribution in [1.82, 2.24) is 20.8 Å². The van der Waals surface area contributed by atoms with Crippen LogP contribution in [0.4, 0.5) is 15.0 Å². The van der Waals surface area contributed by atoms with E-state index in [-0.39, 0.29) is 17.2 Å². The fraction of sp³-hybridized carbons (Fsp3) is 0.185. The number of aryl methyl sites for hydroxylation is 1. The van der Waals surface area contributed by atoms with Crippen LogP contribution in [0.5, 0.6) is 0 Å². The maximum Gasteiger partial charge on any atom is 0.426 e. The summed E-state index contributed by atoms with van der Waals surface area (Å²) in [5, 5.41) is 0.939. The lowest BCUT2D eigenvalue weighted by atomic mass is 9.95. The number of aromatic nitrogens is 2. The summed E-state index contributed by atoms with van der Waals surface area (Å²) in [6.07, 6.45) is 0.926. The third-order valence-corrected chi connectivity index (χ3v) is 5.36. The molecule has 0 atom stereocenters. The Morgan fingerprint density at radius 2 is 1.67 bits per heavy atom. The van der Waals surface area contributed by atoms with E-state index in [0.717, 1.165) is 22.0 Å². The van der Waals surface area contributed by atoms with E-state index in [1.54, 1.807) is 45.2 Å². The summed E-state index contributed by atoms with van der Waals surface area (Å²) in [6.45, 7) is 7.10. The van der Waals surface area contributed by atoms with Crippen molar-refractivity contribution in [1.29, 1.82) is 0 Å². The van der Waals surface area contributed by atoms with Gasteiger partial charge in [0.15, 0.2) is 0 Å². The molecule has 0 unspecified atom stereocenters. The number of ether oxygens (including phenoxy) is 1. The van der Waals surface area contributed by atoms with E-state index in [1.807, 2.05) is 31.2 Å². The highest BCUT2D eigenvalue weighted by molar-refractivity contribution is 6.02. The fourth-order valence-corrected chi connectivity index (χ4v) is 3.69. The number of hydrogen-bond donors (Lipinski definition) is 3. The van der Waals surface area contributed by atoms with Crippen molar-refractivity contribution < 1.29 is 18.7 Å². The SMILES string of the molecule is Cc1ccnc2ccc(-c3cc(C(=O)NNC(=O)OC(C)(C)C)c(N)nc3-c3ccc(F)cc3)cc12. The number of nitrogens with zero attached hydrogens (tertiary/aromatic N) is 2. The minimum Gasteiger partial charge on any atom is -0.443 e. The highest BCUT2D eigenvalue weighted by Gasteiger charge is 2.21. The molecule has 0 aliphatic carbocycles. The van der Waals surface area contributed by atoms with E-state index in [2.05, 4.69) is 20.8 Å². The van der Waals surface area contributed by atoms with Crippen molar-refractivity contribution in [2.24, 2.45) is 0 Å². The number of benzene rings is 2. The third kappa shape index (κ3) is 5.41. The van der Waals surface area contributed by atoms with Crippen molar-refractivity contribution in [3.8, 4) is 22.4 Å². The number of anilines is 1.